The summed E-state index contributed by atoms with van der Waals surface area (Å²) >= 11 is 5.72. The Hall–Kier alpha value is -1.63. The second-order valence-corrected chi connectivity index (χ2v) is 4.81. The molecule has 1 aliphatic heterocycles. The number of aromatic nitrogens is 2. The lowest BCUT2D eigenvalue weighted by molar-refractivity contribution is -0.383. The molecule has 1 saturated heterocycles. The maximum atomic E-state index is 11.0. The molecule has 0 radical (unpaired) electrons. The van der Waals surface area contributed by atoms with Crippen molar-refractivity contribution < 1.29 is 4.92 Å². The number of rotatable bonds is 2. The minimum Gasteiger partial charge on any atom is -0.378 e. The lowest BCUT2D eigenvalue weighted by Crippen LogP contribution is -2.34. The minimum absolute atomic E-state index is 0.0632. The molecule has 1 fully saturated rings. The molecule has 1 aromatic heterocycles. The summed E-state index contributed by atoms with van der Waals surface area (Å²) in [4.78, 5) is 19.9. The molecule has 0 unspecified atom stereocenters. The zero-order chi connectivity index (χ0) is 13.3. The van der Waals surface area contributed by atoms with Crippen molar-refractivity contribution >= 4 is 28.9 Å². The normalized spacial score (nSPS) is 16.9. The van der Waals surface area contributed by atoms with Crippen LogP contribution in [0.5, 0.6) is 0 Å². The number of nitro groups is 1. The second kappa shape index (κ2) is 4.93. The van der Waals surface area contributed by atoms with Crippen molar-refractivity contribution in [3.8, 4) is 0 Å². The molecular weight excluding hydrogens is 258 g/mol. The van der Waals surface area contributed by atoms with E-state index < -0.39 is 4.92 Å². The highest BCUT2D eigenvalue weighted by Crippen LogP contribution is 2.33. The molecule has 1 aliphatic rings. The van der Waals surface area contributed by atoms with Gasteiger partial charge in [0.15, 0.2) is 0 Å². The number of nitrogens with zero attached hydrogens (tertiary/aromatic N) is 4. The van der Waals surface area contributed by atoms with Gasteiger partial charge in [0.2, 0.25) is 16.9 Å². The Morgan fingerprint density at radius 1 is 1.44 bits per heavy atom. The first-order valence-electron chi connectivity index (χ1n) is 5.71. The fourth-order valence-electron chi connectivity index (χ4n) is 2.05. The maximum absolute atomic E-state index is 11.0. The molecule has 0 aliphatic carbocycles. The van der Waals surface area contributed by atoms with Gasteiger partial charge in [-0.1, -0.05) is 6.92 Å². The number of hydrogen-bond acceptors (Lipinski definition) is 6. The van der Waals surface area contributed by atoms with E-state index in [1.165, 1.54) is 0 Å². The molecule has 0 spiro atoms. The molecule has 0 aromatic carbocycles. The molecule has 18 heavy (non-hydrogen) atoms. The van der Waals surface area contributed by atoms with Gasteiger partial charge in [-0.15, -0.1) is 0 Å². The summed E-state index contributed by atoms with van der Waals surface area (Å²) in [7, 11) is 0. The van der Waals surface area contributed by atoms with Gasteiger partial charge in [-0.3, -0.25) is 10.1 Å². The van der Waals surface area contributed by atoms with Gasteiger partial charge in [-0.05, 0) is 30.4 Å². The van der Waals surface area contributed by atoms with Gasteiger partial charge in [0.25, 0.3) is 0 Å². The van der Waals surface area contributed by atoms with Crippen molar-refractivity contribution in [3.05, 3.63) is 15.4 Å². The van der Waals surface area contributed by atoms with E-state index in [2.05, 4.69) is 16.9 Å². The lowest BCUT2D eigenvalue weighted by atomic mass is 9.99. The molecule has 0 bridgehead atoms. The van der Waals surface area contributed by atoms with E-state index in [4.69, 9.17) is 17.3 Å². The molecule has 8 heteroatoms. The molecule has 2 rings (SSSR count). The molecule has 98 valence electrons. The number of halogens is 1. The van der Waals surface area contributed by atoms with Gasteiger partial charge in [0, 0.05) is 13.1 Å². The highest BCUT2D eigenvalue weighted by Gasteiger charge is 2.28. The number of piperidine rings is 1. The van der Waals surface area contributed by atoms with Crippen molar-refractivity contribution in [2.45, 2.75) is 19.8 Å². The van der Waals surface area contributed by atoms with E-state index in [0.717, 1.165) is 25.9 Å². The van der Waals surface area contributed by atoms with Gasteiger partial charge in [-0.25, -0.2) is 0 Å². The number of nitrogen functional groups attached to an aromatic ring is 1. The zero-order valence-corrected chi connectivity index (χ0v) is 10.7. The number of anilines is 2. The summed E-state index contributed by atoms with van der Waals surface area (Å²) in [5, 5.41) is 11.0. The Morgan fingerprint density at radius 2 is 2.06 bits per heavy atom. The first-order valence-corrected chi connectivity index (χ1v) is 6.09. The first kappa shape index (κ1) is 12.8. The van der Waals surface area contributed by atoms with Crippen LogP contribution >= 0.6 is 11.6 Å². The van der Waals surface area contributed by atoms with Crippen molar-refractivity contribution in [2.24, 2.45) is 5.92 Å². The van der Waals surface area contributed by atoms with Crippen LogP contribution in [0.3, 0.4) is 0 Å². The van der Waals surface area contributed by atoms with Crippen LogP contribution in [0.15, 0.2) is 0 Å². The summed E-state index contributed by atoms with van der Waals surface area (Å²) < 4.78 is 0. The van der Waals surface area contributed by atoms with Gasteiger partial charge in [0.05, 0.1) is 4.92 Å². The minimum atomic E-state index is -0.557. The highest BCUT2D eigenvalue weighted by molar-refractivity contribution is 6.28. The summed E-state index contributed by atoms with van der Waals surface area (Å²) in [5.74, 6) is 0.660. The average Bonchev–Trinajstić information content (AvgIpc) is 2.28. The predicted molar refractivity (Wildman–Crippen MR) is 68.7 cm³/mol. The predicted octanol–water partition coefficient (Wildman–Crippen LogP) is 1.86. The summed E-state index contributed by atoms with van der Waals surface area (Å²) in [6.07, 6.45) is 1.94. The maximum Gasteiger partial charge on any atom is 0.353 e. The van der Waals surface area contributed by atoms with Gasteiger partial charge >= 0.3 is 5.69 Å². The van der Waals surface area contributed by atoms with Gasteiger partial charge in [0.1, 0.15) is 0 Å². The highest BCUT2D eigenvalue weighted by atomic mass is 35.5. The third-order valence-corrected chi connectivity index (χ3v) is 3.30. The van der Waals surface area contributed by atoms with Crippen LogP contribution in [0, 0.1) is 16.0 Å². The van der Waals surface area contributed by atoms with Crippen LogP contribution in [-0.4, -0.2) is 28.0 Å². The summed E-state index contributed by atoms with van der Waals surface area (Å²) in [6, 6.07) is 0. The molecule has 1 aromatic rings. The summed E-state index contributed by atoms with van der Waals surface area (Å²) in [6.45, 7) is 3.59. The van der Waals surface area contributed by atoms with Crippen LogP contribution in [0.4, 0.5) is 17.3 Å². The van der Waals surface area contributed by atoms with Crippen LogP contribution in [-0.2, 0) is 0 Å². The Balaban J connectivity index is 2.39. The van der Waals surface area contributed by atoms with E-state index in [1.807, 2.05) is 4.90 Å². The second-order valence-electron chi connectivity index (χ2n) is 4.48. The molecule has 0 saturated carbocycles. The quantitative estimate of drug-likeness (QED) is 0.501. The third kappa shape index (κ3) is 2.45. The first-order chi connectivity index (χ1) is 8.49. The Labute approximate surface area is 109 Å². The van der Waals surface area contributed by atoms with E-state index in [-0.39, 0.29) is 22.6 Å². The van der Waals surface area contributed by atoms with Crippen molar-refractivity contribution in [2.75, 3.05) is 23.7 Å². The standard InChI is InChI=1S/C10H14ClN5O2/c1-6-2-4-15(5-3-6)9-7(16(17)18)8(12)13-10(11)14-9/h6H,2-5H2,1H3,(H2,12,13,14). The van der Waals surface area contributed by atoms with Crippen LogP contribution in [0.25, 0.3) is 0 Å². The molecule has 0 amide bonds. The zero-order valence-electron chi connectivity index (χ0n) is 9.97. The number of nitrogens with two attached hydrogens (primary N) is 1. The number of hydrogen-bond donors (Lipinski definition) is 1. The molecule has 7 nitrogen and oxygen atoms in total. The van der Waals surface area contributed by atoms with E-state index in [0.29, 0.717) is 5.92 Å². The Bertz CT molecular complexity index is 474. The summed E-state index contributed by atoms with van der Waals surface area (Å²) in [5.41, 5.74) is 5.30. The molecular formula is C10H14ClN5O2. The third-order valence-electron chi connectivity index (χ3n) is 3.13. The molecule has 2 N–H and O–H groups in total. The van der Waals surface area contributed by atoms with E-state index >= 15 is 0 Å². The molecule has 0 atom stereocenters. The fraction of sp³-hybridized carbons (Fsp3) is 0.600. The largest absolute Gasteiger partial charge is 0.378 e. The van der Waals surface area contributed by atoms with Crippen LogP contribution in [0.2, 0.25) is 5.28 Å². The average molecular weight is 272 g/mol. The molecule has 2 heterocycles. The van der Waals surface area contributed by atoms with Crippen LogP contribution in [0.1, 0.15) is 19.8 Å². The Kier molecular flexibility index (Phi) is 3.51. The lowest BCUT2D eigenvalue weighted by Gasteiger charge is -2.30. The van der Waals surface area contributed by atoms with E-state index in [9.17, 15) is 10.1 Å². The van der Waals surface area contributed by atoms with Gasteiger partial charge < -0.3 is 10.6 Å². The smallest absolute Gasteiger partial charge is 0.353 e. The van der Waals surface area contributed by atoms with Crippen molar-refractivity contribution in [1.82, 2.24) is 9.97 Å². The fourth-order valence-corrected chi connectivity index (χ4v) is 2.22. The Morgan fingerprint density at radius 3 is 2.61 bits per heavy atom. The topological polar surface area (TPSA) is 98.2 Å². The van der Waals surface area contributed by atoms with Crippen molar-refractivity contribution in [1.29, 1.82) is 0 Å². The van der Waals surface area contributed by atoms with E-state index in [1.54, 1.807) is 0 Å². The van der Waals surface area contributed by atoms with Gasteiger partial charge in [-0.2, -0.15) is 9.97 Å². The monoisotopic (exact) mass is 271 g/mol. The van der Waals surface area contributed by atoms with Crippen LogP contribution < -0.4 is 10.6 Å². The van der Waals surface area contributed by atoms with Crippen molar-refractivity contribution in [3.63, 3.8) is 0 Å². The SMILES string of the molecule is CC1CCN(c2nc(Cl)nc(N)c2[N+](=O)[O-])CC1.